The molecular weight excluding hydrogens is 328 g/mol. The molecule has 1 aromatic heterocycles. The third-order valence-corrected chi connectivity index (χ3v) is 5.32. The van der Waals surface area contributed by atoms with E-state index < -0.39 is 12.0 Å². The average molecular weight is 352 g/mol. The molecule has 0 spiro atoms. The van der Waals surface area contributed by atoms with Crippen LogP contribution in [0.2, 0.25) is 0 Å². The molecule has 24 heavy (non-hydrogen) atoms. The zero-order valence-electron chi connectivity index (χ0n) is 14.4. The lowest BCUT2D eigenvalue weighted by molar-refractivity contribution is -0.116. The second-order valence-electron chi connectivity index (χ2n) is 6.15. The van der Waals surface area contributed by atoms with E-state index in [0.29, 0.717) is 22.9 Å². The van der Waals surface area contributed by atoms with Gasteiger partial charge in [-0.1, -0.05) is 20.3 Å². The molecule has 1 atom stereocenters. The Morgan fingerprint density at radius 3 is 2.75 bits per heavy atom. The molecule has 0 radical (unpaired) electrons. The van der Waals surface area contributed by atoms with E-state index in [1.54, 1.807) is 0 Å². The molecule has 0 bridgehead atoms. The number of anilines is 1. The molecule has 7 heteroatoms. The van der Waals surface area contributed by atoms with Crippen LogP contribution in [0.4, 0.5) is 9.80 Å². The summed E-state index contributed by atoms with van der Waals surface area (Å²) in [5.41, 5.74) is 1.36. The number of rotatable bonds is 5. The summed E-state index contributed by atoms with van der Waals surface area (Å²) >= 11 is 1.45. The van der Waals surface area contributed by atoms with Crippen molar-refractivity contribution in [3.8, 4) is 0 Å². The van der Waals surface area contributed by atoms with Crippen molar-refractivity contribution in [3.05, 3.63) is 16.0 Å². The molecule has 6 nitrogen and oxygen atoms in total. The van der Waals surface area contributed by atoms with Crippen LogP contribution in [0.15, 0.2) is 0 Å². The summed E-state index contributed by atoms with van der Waals surface area (Å²) in [6.07, 6.45) is 4.02. The van der Waals surface area contributed by atoms with Crippen molar-refractivity contribution in [3.63, 3.8) is 0 Å². The van der Waals surface area contributed by atoms with Gasteiger partial charge in [0.15, 0.2) is 0 Å². The molecule has 0 saturated carbocycles. The lowest BCUT2D eigenvalue weighted by Crippen LogP contribution is -2.31. The molecule has 0 aliphatic heterocycles. The lowest BCUT2D eigenvalue weighted by atomic mass is 9.88. The minimum Gasteiger partial charge on any atom is -0.453 e. The normalized spacial score (nSPS) is 16.2. The van der Waals surface area contributed by atoms with Crippen LogP contribution < -0.4 is 10.6 Å². The first-order valence-electron chi connectivity index (χ1n) is 8.29. The van der Waals surface area contributed by atoms with Gasteiger partial charge < -0.3 is 10.1 Å². The van der Waals surface area contributed by atoms with E-state index in [0.717, 1.165) is 42.5 Å². The lowest BCUT2D eigenvalue weighted by Gasteiger charge is -2.18. The second kappa shape index (κ2) is 8.28. The summed E-state index contributed by atoms with van der Waals surface area (Å²) in [6, 6.07) is 0. The second-order valence-corrected chi connectivity index (χ2v) is 7.26. The highest BCUT2D eigenvalue weighted by Gasteiger charge is 2.29. The highest BCUT2D eigenvalue weighted by molar-refractivity contribution is 7.17. The Morgan fingerprint density at radius 1 is 1.33 bits per heavy atom. The number of nitrogens with one attached hydrogen (secondary N) is 2. The van der Waals surface area contributed by atoms with E-state index in [-0.39, 0.29) is 5.91 Å². The molecule has 0 unspecified atom stereocenters. The zero-order valence-corrected chi connectivity index (χ0v) is 15.2. The Hall–Kier alpha value is -1.89. The van der Waals surface area contributed by atoms with E-state index >= 15 is 0 Å². The third kappa shape index (κ3) is 4.35. The molecule has 0 aromatic carbocycles. The quantitative estimate of drug-likeness (QED) is 0.849. The number of alkyl carbamates (subject to hydrolysis) is 1. The number of imide groups is 1. The standard InChI is InChI=1S/C17H24N2O4S/c1-4-5-6-13(20)18-16-14(15(21)19-17(22)23-3)11-8-7-10(2)9-12(11)24-16/h10H,4-9H2,1-3H3,(H,18,20)(H,19,21,22)/t10-/m0/s1. The van der Waals surface area contributed by atoms with E-state index in [4.69, 9.17) is 0 Å². The molecule has 3 amide bonds. The largest absolute Gasteiger partial charge is 0.453 e. The van der Waals surface area contributed by atoms with Gasteiger partial charge in [-0.15, -0.1) is 11.3 Å². The van der Waals surface area contributed by atoms with Crippen LogP contribution >= 0.6 is 11.3 Å². The monoisotopic (exact) mass is 352 g/mol. The maximum absolute atomic E-state index is 12.5. The molecular formula is C17H24N2O4S. The summed E-state index contributed by atoms with van der Waals surface area (Å²) in [7, 11) is 1.21. The van der Waals surface area contributed by atoms with Gasteiger partial charge in [0, 0.05) is 11.3 Å². The minimum atomic E-state index is -0.799. The number of unbranched alkanes of at least 4 members (excludes halogenated alkanes) is 1. The van der Waals surface area contributed by atoms with E-state index in [9.17, 15) is 14.4 Å². The summed E-state index contributed by atoms with van der Waals surface area (Å²) < 4.78 is 4.50. The van der Waals surface area contributed by atoms with Gasteiger partial charge in [0.1, 0.15) is 5.00 Å². The van der Waals surface area contributed by atoms with Crippen molar-refractivity contribution < 1.29 is 19.1 Å². The maximum atomic E-state index is 12.5. The molecule has 1 aromatic rings. The summed E-state index contributed by atoms with van der Waals surface area (Å²) in [5.74, 6) is -0.0633. The van der Waals surface area contributed by atoms with Crippen LogP contribution in [0.25, 0.3) is 0 Å². The third-order valence-electron chi connectivity index (χ3n) is 4.15. The van der Waals surface area contributed by atoms with E-state index in [1.807, 2.05) is 6.92 Å². The van der Waals surface area contributed by atoms with Gasteiger partial charge in [-0.2, -0.15) is 0 Å². The average Bonchev–Trinajstić information content (AvgIpc) is 2.89. The zero-order chi connectivity index (χ0) is 17.7. The molecule has 2 rings (SSSR count). The first kappa shape index (κ1) is 18.4. The van der Waals surface area contributed by atoms with Crippen LogP contribution in [0, 0.1) is 5.92 Å². The Bertz CT molecular complexity index is 639. The Kier molecular flexibility index (Phi) is 6.36. The van der Waals surface area contributed by atoms with Gasteiger partial charge in [-0.3, -0.25) is 14.9 Å². The fourth-order valence-electron chi connectivity index (χ4n) is 2.81. The SMILES string of the molecule is CCCCC(=O)Nc1sc2c(c1C(=O)NC(=O)OC)CC[C@H](C)C2. The molecule has 1 aliphatic carbocycles. The first-order chi connectivity index (χ1) is 11.5. The van der Waals surface area contributed by atoms with Crippen LogP contribution in [0.3, 0.4) is 0 Å². The number of hydrogen-bond acceptors (Lipinski definition) is 5. The number of carbonyl (C=O) groups excluding carboxylic acids is 3. The number of methoxy groups -OCH3 is 1. The fourth-order valence-corrected chi connectivity index (χ4v) is 4.24. The van der Waals surface area contributed by atoms with Crippen molar-refractivity contribution in [2.45, 2.75) is 52.4 Å². The number of thiophene rings is 1. The highest BCUT2D eigenvalue weighted by atomic mass is 32.1. The van der Waals surface area contributed by atoms with Crippen molar-refractivity contribution in [1.29, 1.82) is 0 Å². The number of amides is 3. The Labute approximate surface area is 146 Å². The smallest absolute Gasteiger partial charge is 0.413 e. The van der Waals surface area contributed by atoms with E-state index in [2.05, 4.69) is 22.3 Å². The molecule has 0 saturated heterocycles. The molecule has 1 heterocycles. The summed E-state index contributed by atoms with van der Waals surface area (Å²) in [4.78, 5) is 37.1. The highest BCUT2D eigenvalue weighted by Crippen LogP contribution is 2.39. The van der Waals surface area contributed by atoms with Crippen LogP contribution in [0.5, 0.6) is 0 Å². The fraction of sp³-hybridized carbons (Fsp3) is 0.588. The van der Waals surface area contributed by atoms with Crippen LogP contribution in [-0.2, 0) is 22.4 Å². The maximum Gasteiger partial charge on any atom is 0.413 e. The van der Waals surface area contributed by atoms with Crippen LogP contribution in [0.1, 0.15) is 60.3 Å². The number of fused-ring (bicyclic) bond motifs is 1. The molecule has 0 fully saturated rings. The van der Waals surface area contributed by atoms with Crippen molar-refractivity contribution in [2.24, 2.45) is 5.92 Å². The van der Waals surface area contributed by atoms with Gasteiger partial charge in [0.25, 0.3) is 5.91 Å². The van der Waals surface area contributed by atoms with Crippen molar-refractivity contribution in [1.82, 2.24) is 5.32 Å². The van der Waals surface area contributed by atoms with Gasteiger partial charge in [-0.05, 0) is 37.2 Å². The van der Waals surface area contributed by atoms with E-state index in [1.165, 1.54) is 18.4 Å². The molecule has 2 N–H and O–H groups in total. The Balaban J connectivity index is 2.29. The summed E-state index contributed by atoms with van der Waals surface area (Å²) in [6.45, 7) is 4.20. The van der Waals surface area contributed by atoms with Crippen molar-refractivity contribution in [2.75, 3.05) is 12.4 Å². The first-order valence-corrected chi connectivity index (χ1v) is 9.11. The van der Waals surface area contributed by atoms with Crippen LogP contribution in [-0.4, -0.2) is 25.0 Å². The molecule has 132 valence electrons. The van der Waals surface area contributed by atoms with Crippen molar-refractivity contribution >= 4 is 34.2 Å². The van der Waals surface area contributed by atoms with Gasteiger partial charge in [0.05, 0.1) is 12.7 Å². The minimum absolute atomic E-state index is 0.101. The van der Waals surface area contributed by atoms with Gasteiger partial charge >= 0.3 is 6.09 Å². The van der Waals surface area contributed by atoms with Gasteiger partial charge in [-0.25, -0.2) is 4.79 Å². The Morgan fingerprint density at radius 2 is 2.08 bits per heavy atom. The number of hydrogen-bond donors (Lipinski definition) is 2. The summed E-state index contributed by atoms with van der Waals surface area (Å²) in [5, 5.41) is 5.60. The number of carbonyl (C=O) groups is 3. The predicted octanol–water partition coefficient (Wildman–Crippen LogP) is 3.50. The predicted molar refractivity (Wildman–Crippen MR) is 93.5 cm³/mol. The topological polar surface area (TPSA) is 84.5 Å². The molecule has 1 aliphatic rings. The van der Waals surface area contributed by atoms with Gasteiger partial charge in [0.2, 0.25) is 5.91 Å². The number of ether oxygens (including phenoxy) is 1.